The van der Waals surface area contributed by atoms with Crippen LogP contribution in [0.25, 0.3) is 0 Å². The van der Waals surface area contributed by atoms with Gasteiger partial charge in [0, 0.05) is 24.5 Å². The minimum Gasteiger partial charge on any atom is -0.494 e. The van der Waals surface area contributed by atoms with Gasteiger partial charge in [0.05, 0.1) is 12.8 Å². The highest BCUT2D eigenvalue weighted by Crippen LogP contribution is 2.21. The fourth-order valence-electron chi connectivity index (χ4n) is 2.09. The molecule has 0 radical (unpaired) electrons. The zero-order valence-corrected chi connectivity index (χ0v) is 12.0. The number of nitrogen functional groups attached to an aromatic ring is 1. The van der Waals surface area contributed by atoms with Crippen LogP contribution >= 0.6 is 0 Å². The third-order valence-corrected chi connectivity index (χ3v) is 3.02. The van der Waals surface area contributed by atoms with E-state index in [4.69, 9.17) is 10.5 Å². The lowest BCUT2D eigenvalue weighted by Crippen LogP contribution is -2.16. The van der Waals surface area contributed by atoms with Crippen LogP contribution in [0.5, 0.6) is 5.75 Å². The van der Waals surface area contributed by atoms with Crippen LogP contribution in [0.3, 0.4) is 0 Å². The number of benzene rings is 1. The number of hydrogen-bond donors (Lipinski definition) is 2. The molecule has 0 saturated heterocycles. The zero-order valence-electron chi connectivity index (χ0n) is 12.0. The molecule has 21 heavy (non-hydrogen) atoms. The van der Waals surface area contributed by atoms with Gasteiger partial charge in [-0.1, -0.05) is 6.92 Å². The third-order valence-electron chi connectivity index (χ3n) is 3.02. The Bertz CT molecular complexity index is 652. The highest BCUT2D eigenvalue weighted by molar-refractivity contribution is 6.03. The molecule has 2 rings (SSSR count). The number of hydrogen-bond acceptors (Lipinski definition) is 3. The van der Waals surface area contributed by atoms with Crippen molar-refractivity contribution in [3.8, 4) is 5.75 Å². The Labute approximate surface area is 122 Å². The lowest BCUT2D eigenvalue weighted by molar-refractivity contribution is 0.101. The molecular formula is C15H18FN3O2. The van der Waals surface area contributed by atoms with Crippen molar-refractivity contribution in [3.05, 3.63) is 42.0 Å². The molecule has 0 unspecified atom stereocenters. The number of nitrogens with two attached hydrogens (primary N) is 1. The number of nitrogens with zero attached hydrogens (tertiary/aromatic N) is 1. The second-order valence-electron chi connectivity index (χ2n) is 4.66. The number of rotatable bonds is 5. The number of carbonyl (C=O) groups is 1. The average molecular weight is 291 g/mol. The smallest absolute Gasteiger partial charge is 0.272 e. The maximum Gasteiger partial charge on any atom is 0.272 e. The van der Waals surface area contributed by atoms with E-state index in [2.05, 4.69) is 5.32 Å². The number of carbonyl (C=O) groups excluding carboxylic acids is 1. The van der Waals surface area contributed by atoms with E-state index in [1.165, 1.54) is 19.2 Å². The Balaban J connectivity index is 2.19. The third kappa shape index (κ3) is 3.34. The normalized spacial score (nSPS) is 10.4. The molecule has 1 amide bonds. The average Bonchev–Trinajstić information content (AvgIpc) is 2.80. The van der Waals surface area contributed by atoms with Crippen molar-refractivity contribution in [2.75, 3.05) is 18.2 Å². The summed E-state index contributed by atoms with van der Waals surface area (Å²) in [5, 5.41) is 2.65. The molecule has 3 N–H and O–H groups in total. The van der Waals surface area contributed by atoms with Gasteiger partial charge in [0.1, 0.15) is 5.69 Å². The van der Waals surface area contributed by atoms with Crippen molar-refractivity contribution in [3.63, 3.8) is 0 Å². The first-order valence-corrected chi connectivity index (χ1v) is 6.65. The van der Waals surface area contributed by atoms with Gasteiger partial charge in [-0.15, -0.1) is 0 Å². The molecule has 2 aromatic rings. The molecule has 1 aromatic heterocycles. The molecule has 0 fully saturated rings. The van der Waals surface area contributed by atoms with Crippen LogP contribution in [-0.4, -0.2) is 17.6 Å². The number of aromatic nitrogens is 1. The Morgan fingerprint density at radius 1 is 1.43 bits per heavy atom. The molecule has 0 saturated carbocycles. The van der Waals surface area contributed by atoms with E-state index < -0.39 is 5.82 Å². The van der Waals surface area contributed by atoms with Crippen LogP contribution in [0.1, 0.15) is 23.8 Å². The van der Waals surface area contributed by atoms with E-state index in [1.54, 1.807) is 22.9 Å². The molecule has 112 valence electrons. The molecule has 0 aliphatic carbocycles. The summed E-state index contributed by atoms with van der Waals surface area (Å²) in [6, 6.07) is 5.86. The molecule has 1 heterocycles. The number of halogens is 1. The Morgan fingerprint density at radius 2 is 2.19 bits per heavy atom. The van der Waals surface area contributed by atoms with Crippen LogP contribution in [0.4, 0.5) is 15.8 Å². The van der Waals surface area contributed by atoms with Crippen LogP contribution < -0.4 is 15.8 Å². The van der Waals surface area contributed by atoms with E-state index >= 15 is 0 Å². The molecule has 0 spiro atoms. The van der Waals surface area contributed by atoms with E-state index in [0.717, 1.165) is 6.42 Å². The van der Waals surface area contributed by atoms with Crippen LogP contribution in [0.15, 0.2) is 30.5 Å². The van der Waals surface area contributed by atoms with Gasteiger partial charge in [-0.25, -0.2) is 4.39 Å². The van der Waals surface area contributed by atoms with Gasteiger partial charge in [0.2, 0.25) is 0 Å². The molecule has 0 aliphatic rings. The van der Waals surface area contributed by atoms with Crippen LogP contribution in [0.2, 0.25) is 0 Å². The summed E-state index contributed by atoms with van der Waals surface area (Å²) in [6.07, 6.45) is 2.60. The van der Waals surface area contributed by atoms with Crippen LogP contribution in [0, 0.1) is 5.82 Å². The zero-order chi connectivity index (χ0) is 15.4. The fraction of sp³-hybridized carbons (Fsp3) is 0.267. The number of aryl methyl sites for hydroxylation is 1. The van der Waals surface area contributed by atoms with E-state index in [1.807, 2.05) is 6.92 Å². The standard InChI is InChI=1S/C15H18FN3O2/c1-3-6-19-9-10(17)7-13(19)15(20)18-11-4-5-14(21-2)12(16)8-11/h4-5,7-9H,3,6,17H2,1-2H3,(H,18,20). The first-order valence-electron chi connectivity index (χ1n) is 6.65. The topological polar surface area (TPSA) is 69.3 Å². The molecule has 0 bridgehead atoms. The first kappa shape index (κ1) is 14.9. The van der Waals surface area contributed by atoms with Crippen molar-refractivity contribution in [1.82, 2.24) is 4.57 Å². The molecule has 6 heteroatoms. The lowest BCUT2D eigenvalue weighted by atomic mass is 10.2. The summed E-state index contributed by atoms with van der Waals surface area (Å²) in [5.41, 5.74) is 7.06. The minimum absolute atomic E-state index is 0.131. The van der Waals surface area contributed by atoms with Gasteiger partial charge in [0.25, 0.3) is 5.91 Å². The van der Waals surface area contributed by atoms with Crippen molar-refractivity contribution >= 4 is 17.3 Å². The number of anilines is 2. The Kier molecular flexibility index (Phi) is 4.47. The summed E-state index contributed by atoms with van der Waals surface area (Å²) in [4.78, 5) is 12.2. The fourth-order valence-corrected chi connectivity index (χ4v) is 2.09. The van der Waals surface area contributed by atoms with Gasteiger partial charge < -0.3 is 20.4 Å². The quantitative estimate of drug-likeness (QED) is 0.890. The molecular weight excluding hydrogens is 273 g/mol. The van der Waals surface area contributed by atoms with Crippen molar-refractivity contribution in [1.29, 1.82) is 0 Å². The number of nitrogens with one attached hydrogen (secondary N) is 1. The van der Waals surface area contributed by atoms with Gasteiger partial charge in [-0.05, 0) is 24.6 Å². The predicted molar refractivity (Wildman–Crippen MR) is 80.0 cm³/mol. The number of ether oxygens (including phenoxy) is 1. The minimum atomic E-state index is -0.529. The van der Waals surface area contributed by atoms with E-state index in [-0.39, 0.29) is 11.7 Å². The number of methoxy groups -OCH3 is 1. The van der Waals surface area contributed by atoms with Crippen molar-refractivity contribution < 1.29 is 13.9 Å². The molecule has 0 atom stereocenters. The van der Waals surface area contributed by atoms with Gasteiger partial charge in [-0.3, -0.25) is 4.79 Å². The van der Waals surface area contributed by atoms with Crippen molar-refractivity contribution in [2.24, 2.45) is 0 Å². The SMILES string of the molecule is CCCn1cc(N)cc1C(=O)Nc1ccc(OC)c(F)c1. The monoisotopic (exact) mass is 291 g/mol. The largest absolute Gasteiger partial charge is 0.494 e. The maximum absolute atomic E-state index is 13.6. The summed E-state index contributed by atoms with van der Waals surface area (Å²) in [7, 11) is 1.39. The molecule has 1 aromatic carbocycles. The first-order chi connectivity index (χ1) is 10.0. The summed E-state index contributed by atoms with van der Waals surface area (Å²) >= 11 is 0. The summed E-state index contributed by atoms with van der Waals surface area (Å²) in [6.45, 7) is 2.70. The second kappa shape index (κ2) is 6.30. The highest BCUT2D eigenvalue weighted by atomic mass is 19.1. The Morgan fingerprint density at radius 3 is 2.81 bits per heavy atom. The van der Waals surface area contributed by atoms with E-state index in [9.17, 15) is 9.18 Å². The predicted octanol–water partition coefficient (Wildman–Crippen LogP) is 2.88. The number of amides is 1. The molecule has 5 nitrogen and oxygen atoms in total. The van der Waals surface area contributed by atoms with Crippen molar-refractivity contribution in [2.45, 2.75) is 19.9 Å². The summed E-state index contributed by atoms with van der Waals surface area (Å²) in [5.74, 6) is -0.727. The lowest BCUT2D eigenvalue weighted by Gasteiger charge is -2.09. The van der Waals surface area contributed by atoms with E-state index in [0.29, 0.717) is 23.6 Å². The molecule has 0 aliphatic heterocycles. The Hall–Kier alpha value is -2.50. The van der Waals surface area contributed by atoms with Gasteiger partial charge in [-0.2, -0.15) is 0 Å². The maximum atomic E-state index is 13.6. The second-order valence-corrected chi connectivity index (χ2v) is 4.66. The van der Waals surface area contributed by atoms with Crippen LogP contribution in [-0.2, 0) is 6.54 Å². The van der Waals surface area contributed by atoms with Gasteiger partial charge in [0.15, 0.2) is 11.6 Å². The highest BCUT2D eigenvalue weighted by Gasteiger charge is 2.13. The summed E-state index contributed by atoms with van der Waals surface area (Å²) < 4.78 is 20.2. The van der Waals surface area contributed by atoms with Gasteiger partial charge >= 0.3 is 0 Å².